The number of aromatic nitrogens is 1. The largest absolute Gasteiger partial charge is 0.361 e. The Morgan fingerprint density at radius 3 is 2.50 bits per heavy atom. The molecule has 0 radical (unpaired) electrons. The number of rotatable bonds is 3. The van der Waals surface area contributed by atoms with Crippen molar-refractivity contribution < 1.29 is 9.32 Å². The SMILES string of the molecule is Cc1noc(C)c1CN1CCN(C(=O)CN)CC1. The summed E-state index contributed by atoms with van der Waals surface area (Å²) in [4.78, 5) is 15.6. The van der Waals surface area contributed by atoms with Crippen LogP contribution in [0.25, 0.3) is 0 Å². The minimum atomic E-state index is 0.0342. The molecule has 0 spiro atoms. The van der Waals surface area contributed by atoms with Crippen LogP contribution in [0.5, 0.6) is 0 Å². The highest BCUT2D eigenvalue weighted by molar-refractivity contribution is 5.78. The fourth-order valence-electron chi connectivity index (χ4n) is 2.24. The van der Waals surface area contributed by atoms with E-state index in [4.69, 9.17) is 10.3 Å². The van der Waals surface area contributed by atoms with Gasteiger partial charge in [0, 0.05) is 38.3 Å². The van der Waals surface area contributed by atoms with Gasteiger partial charge in [0.1, 0.15) is 5.76 Å². The Bertz CT molecular complexity index is 402. The van der Waals surface area contributed by atoms with Crippen LogP contribution >= 0.6 is 0 Å². The third-order valence-electron chi connectivity index (χ3n) is 3.46. The lowest BCUT2D eigenvalue weighted by Crippen LogP contribution is -2.49. The molecule has 0 aromatic carbocycles. The van der Waals surface area contributed by atoms with Gasteiger partial charge >= 0.3 is 0 Å². The number of nitrogens with two attached hydrogens (primary N) is 1. The Labute approximate surface area is 107 Å². The highest BCUT2D eigenvalue weighted by atomic mass is 16.5. The zero-order chi connectivity index (χ0) is 13.1. The van der Waals surface area contributed by atoms with Crippen molar-refractivity contribution in [2.45, 2.75) is 20.4 Å². The lowest BCUT2D eigenvalue weighted by atomic mass is 10.2. The molecule has 1 aromatic heterocycles. The van der Waals surface area contributed by atoms with E-state index in [9.17, 15) is 4.79 Å². The average Bonchev–Trinajstić information content (AvgIpc) is 2.70. The average molecular weight is 252 g/mol. The van der Waals surface area contributed by atoms with E-state index in [0.717, 1.165) is 49.7 Å². The van der Waals surface area contributed by atoms with Crippen molar-refractivity contribution in [2.24, 2.45) is 5.73 Å². The van der Waals surface area contributed by atoms with Gasteiger partial charge < -0.3 is 15.2 Å². The molecule has 1 aromatic rings. The maximum absolute atomic E-state index is 11.5. The van der Waals surface area contributed by atoms with Gasteiger partial charge in [0.2, 0.25) is 5.91 Å². The minimum Gasteiger partial charge on any atom is -0.361 e. The van der Waals surface area contributed by atoms with Crippen molar-refractivity contribution in [1.29, 1.82) is 0 Å². The van der Waals surface area contributed by atoms with Crippen LogP contribution in [0, 0.1) is 13.8 Å². The Morgan fingerprint density at radius 1 is 1.33 bits per heavy atom. The van der Waals surface area contributed by atoms with Gasteiger partial charge in [0.25, 0.3) is 0 Å². The molecule has 1 aliphatic heterocycles. The first kappa shape index (κ1) is 13.0. The van der Waals surface area contributed by atoms with E-state index >= 15 is 0 Å². The predicted molar refractivity (Wildman–Crippen MR) is 66.9 cm³/mol. The highest BCUT2D eigenvalue weighted by Crippen LogP contribution is 2.16. The zero-order valence-corrected chi connectivity index (χ0v) is 11.0. The number of hydrogen-bond donors (Lipinski definition) is 1. The fraction of sp³-hybridized carbons (Fsp3) is 0.667. The Morgan fingerprint density at radius 2 is 2.00 bits per heavy atom. The fourth-order valence-corrected chi connectivity index (χ4v) is 2.24. The first-order valence-corrected chi connectivity index (χ1v) is 6.23. The van der Waals surface area contributed by atoms with Crippen LogP contribution in [-0.4, -0.2) is 53.6 Å². The van der Waals surface area contributed by atoms with Crippen LogP contribution in [-0.2, 0) is 11.3 Å². The molecule has 2 rings (SSSR count). The van der Waals surface area contributed by atoms with Crippen LogP contribution in [0.1, 0.15) is 17.0 Å². The number of amides is 1. The normalized spacial score (nSPS) is 17.2. The number of piperazine rings is 1. The van der Waals surface area contributed by atoms with Gasteiger partial charge in [-0.3, -0.25) is 9.69 Å². The second kappa shape index (κ2) is 5.49. The van der Waals surface area contributed by atoms with Gasteiger partial charge in [-0.15, -0.1) is 0 Å². The van der Waals surface area contributed by atoms with E-state index in [-0.39, 0.29) is 12.5 Å². The summed E-state index contributed by atoms with van der Waals surface area (Å²) in [5.74, 6) is 0.917. The molecule has 1 fully saturated rings. The van der Waals surface area contributed by atoms with E-state index in [1.54, 1.807) is 0 Å². The molecular weight excluding hydrogens is 232 g/mol. The van der Waals surface area contributed by atoms with E-state index in [0.29, 0.717) is 0 Å². The Kier molecular flexibility index (Phi) is 3.98. The van der Waals surface area contributed by atoms with Gasteiger partial charge in [0.05, 0.1) is 12.2 Å². The van der Waals surface area contributed by atoms with Crippen LogP contribution < -0.4 is 5.73 Å². The topological polar surface area (TPSA) is 75.6 Å². The number of aryl methyl sites for hydroxylation is 2. The van der Waals surface area contributed by atoms with Crippen LogP contribution in [0.4, 0.5) is 0 Å². The monoisotopic (exact) mass is 252 g/mol. The van der Waals surface area contributed by atoms with Crippen molar-refractivity contribution in [3.8, 4) is 0 Å². The smallest absolute Gasteiger partial charge is 0.236 e. The van der Waals surface area contributed by atoms with Crippen LogP contribution in [0.3, 0.4) is 0 Å². The predicted octanol–water partition coefficient (Wildman–Crippen LogP) is -0.106. The van der Waals surface area contributed by atoms with Crippen molar-refractivity contribution in [2.75, 3.05) is 32.7 Å². The molecule has 6 heteroatoms. The summed E-state index contributed by atoms with van der Waals surface area (Å²) in [5, 5.41) is 3.96. The Balaban J connectivity index is 1.89. The molecule has 0 unspecified atom stereocenters. The summed E-state index contributed by atoms with van der Waals surface area (Å²) in [6, 6.07) is 0. The van der Waals surface area contributed by atoms with Crippen LogP contribution in [0.2, 0.25) is 0 Å². The van der Waals surface area contributed by atoms with Crippen LogP contribution in [0.15, 0.2) is 4.52 Å². The summed E-state index contributed by atoms with van der Waals surface area (Å²) in [6.45, 7) is 8.07. The van der Waals surface area contributed by atoms with Gasteiger partial charge in [-0.25, -0.2) is 0 Å². The molecule has 0 aliphatic carbocycles. The van der Waals surface area contributed by atoms with Crippen molar-refractivity contribution >= 4 is 5.91 Å². The molecular formula is C12H20N4O2. The highest BCUT2D eigenvalue weighted by Gasteiger charge is 2.21. The van der Waals surface area contributed by atoms with Crippen molar-refractivity contribution in [3.63, 3.8) is 0 Å². The third kappa shape index (κ3) is 2.70. The lowest BCUT2D eigenvalue weighted by Gasteiger charge is -2.34. The first-order valence-electron chi connectivity index (χ1n) is 6.23. The van der Waals surface area contributed by atoms with E-state index in [1.165, 1.54) is 0 Å². The van der Waals surface area contributed by atoms with E-state index in [1.807, 2.05) is 18.7 Å². The second-order valence-corrected chi connectivity index (χ2v) is 4.66. The third-order valence-corrected chi connectivity index (χ3v) is 3.46. The molecule has 2 N–H and O–H groups in total. The maximum atomic E-state index is 11.5. The summed E-state index contributed by atoms with van der Waals surface area (Å²) in [5.41, 5.74) is 7.47. The van der Waals surface area contributed by atoms with Gasteiger partial charge in [-0.2, -0.15) is 0 Å². The molecule has 100 valence electrons. The van der Waals surface area contributed by atoms with Crippen molar-refractivity contribution in [1.82, 2.24) is 15.0 Å². The molecule has 2 heterocycles. The molecule has 0 saturated carbocycles. The number of nitrogens with zero attached hydrogens (tertiary/aromatic N) is 3. The zero-order valence-electron chi connectivity index (χ0n) is 11.0. The summed E-state index contributed by atoms with van der Waals surface area (Å²) < 4.78 is 5.16. The summed E-state index contributed by atoms with van der Waals surface area (Å²) in [7, 11) is 0. The molecule has 1 aliphatic rings. The molecule has 0 atom stereocenters. The second-order valence-electron chi connectivity index (χ2n) is 4.66. The quantitative estimate of drug-likeness (QED) is 0.812. The summed E-state index contributed by atoms with van der Waals surface area (Å²) in [6.07, 6.45) is 0. The summed E-state index contributed by atoms with van der Waals surface area (Å²) >= 11 is 0. The standard InChI is InChI=1S/C12H20N4O2/c1-9-11(10(2)18-14-9)8-15-3-5-16(6-4-15)12(17)7-13/h3-8,13H2,1-2H3. The van der Waals surface area contributed by atoms with Gasteiger partial charge in [-0.05, 0) is 13.8 Å². The Hall–Kier alpha value is -1.40. The van der Waals surface area contributed by atoms with Gasteiger partial charge in [0.15, 0.2) is 0 Å². The van der Waals surface area contributed by atoms with Crippen molar-refractivity contribution in [3.05, 3.63) is 17.0 Å². The molecule has 0 bridgehead atoms. The van der Waals surface area contributed by atoms with E-state index < -0.39 is 0 Å². The number of hydrogen-bond acceptors (Lipinski definition) is 5. The van der Waals surface area contributed by atoms with Gasteiger partial charge in [-0.1, -0.05) is 5.16 Å². The number of carbonyl (C=O) groups is 1. The molecule has 6 nitrogen and oxygen atoms in total. The minimum absolute atomic E-state index is 0.0342. The molecule has 18 heavy (non-hydrogen) atoms. The number of carbonyl (C=O) groups excluding carboxylic acids is 1. The maximum Gasteiger partial charge on any atom is 0.236 e. The lowest BCUT2D eigenvalue weighted by molar-refractivity contribution is -0.131. The van der Waals surface area contributed by atoms with E-state index in [2.05, 4.69) is 10.1 Å². The first-order chi connectivity index (χ1) is 8.61. The molecule has 1 amide bonds. The molecule has 1 saturated heterocycles.